The van der Waals surface area contributed by atoms with Gasteiger partial charge in [-0.05, 0) is 36.4 Å². The summed E-state index contributed by atoms with van der Waals surface area (Å²) in [6.45, 7) is 6.76. The van der Waals surface area contributed by atoms with Crippen molar-refractivity contribution in [1.29, 1.82) is 0 Å². The Morgan fingerprint density at radius 3 is 2.72 bits per heavy atom. The van der Waals surface area contributed by atoms with Gasteiger partial charge >= 0.3 is 0 Å². The monoisotopic (exact) mass is 357 g/mol. The van der Waals surface area contributed by atoms with Crippen molar-refractivity contribution in [2.75, 3.05) is 44.2 Å². The Bertz CT molecular complexity index is 726. The van der Waals surface area contributed by atoms with Crippen molar-refractivity contribution in [3.8, 4) is 0 Å². The van der Waals surface area contributed by atoms with E-state index >= 15 is 0 Å². The van der Waals surface area contributed by atoms with Gasteiger partial charge in [-0.1, -0.05) is 0 Å². The van der Waals surface area contributed by atoms with E-state index in [0.29, 0.717) is 12.6 Å². The van der Waals surface area contributed by atoms with Crippen molar-refractivity contribution < 1.29 is 4.79 Å². The van der Waals surface area contributed by atoms with Crippen LogP contribution in [0.5, 0.6) is 0 Å². The topological polar surface area (TPSA) is 52.6 Å². The number of nitrogens with zero attached hydrogens (tertiary/aromatic N) is 5. The lowest BCUT2D eigenvalue weighted by Gasteiger charge is -2.38. The molecule has 6 nitrogen and oxygen atoms in total. The molecule has 0 N–H and O–H groups in total. The van der Waals surface area contributed by atoms with Crippen LogP contribution < -0.4 is 4.90 Å². The Labute approximate surface area is 152 Å². The number of rotatable bonds is 3. The molecule has 0 aliphatic carbocycles. The molecular weight excluding hydrogens is 334 g/mol. The summed E-state index contributed by atoms with van der Waals surface area (Å²) in [6.07, 6.45) is 4.58. The molecule has 0 unspecified atom stereocenters. The van der Waals surface area contributed by atoms with Gasteiger partial charge in [0.1, 0.15) is 0 Å². The number of piperazine rings is 1. The van der Waals surface area contributed by atoms with E-state index in [9.17, 15) is 4.79 Å². The molecule has 2 aromatic rings. The molecule has 4 rings (SSSR count). The van der Waals surface area contributed by atoms with E-state index < -0.39 is 0 Å². The molecule has 0 spiro atoms. The highest BCUT2D eigenvalue weighted by molar-refractivity contribution is 7.10. The highest BCUT2D eigenvalue weighted by Crippen LogP contribution is 2.32. The molecule has 0 saturated carbocycles. The van der Waals surface area contributed by atoms with Crippen LogP contribution in [0.25, 0.3) is 0 Å². The average Bonchev–Trinajstić information content (AvgIpc) is 3.14. The van der Waals surface area contributed by atoms with E-state index in [2.05, 4.69) is 38.1 Å². The fourth-order valence-electron chi connectivity index (χ4n) is 3.66. The number of carbonyl (C=O) groups excluding carboxylic acids is 1. The Balaban J connectivity index is 1.32. The van der Waals surface area contributed by atoms with Gasteiger partial charge in [-0.25, -0.2) is 9.97 Å². The van der Waals surface area contributed by atoms with Crippen molar-refractivity contribution in [2.24, 2.45) is 0 Å². The molecule has 0 bridgehead atoms. The summed E-state index contributed by atoms with van der Waals surface area (Å²) in [7, 11) is 0. The van der Waals surface area contributed by atoms with E-state index in [-0.39, 0.29) is 5.91 Å². The third kappa shape index (κ3) is 3.39. The highest BCUT2D eigenvalue weighted by Gasteiger charge is 2.29. The zero-order valence-corrected chi connectivity index (χ0v) is 15.3. The Morgan fingerprint density at radius 1 is 1.20 bits per heavy atom. The standard InChI is InChI=1S/C18H23N5OS/c1-14-15-4-12-25-16(15)3-7-23(14)13-17(24)21-8-10-22(11-9-21)18-19-5-2-6-20-18/h2,4-6,12,14H,3,7-11,13H2,1H3/t14-/m0/s1. The highest BCUT2D eigenvalue weighted by atomic mass is 32.1. The van der Waals surface area contributed by atoms with Crippen LogP contribution in [0.1, 0.15) is 23.4 Å². The summed E-state index contributed by atoms with van der Waals surface area (Å²) in [4.78, 5) is 29.2. The van der Waals surface area contributed by atoms with E-state index in [1.807, 2.05) is 22.3 Å². The van der Waals surface area contributed by atoms with Crippen LogP contribution in [0.2, 0.25) is 0 Å². The zero-order valence-electron chi connectivity index (χ0n) is 14.5. The smallest absolute Gasteiger partial charge is 0.236 e. The maximum absolute atomic E-state index is 12.7. The van der Waals surface area contributed by atoms with Gasteiger partial charge in [0.2, 0.25) is 11.9 Å². The second-order valence-electron chi connectivity index (χ2n) is 6.61. The lowest BCUT2D eigenvalue weighted by Crippen LogP contribution is -2.52. The molecule has 4 heterocycles. The van der Waals surface area contributed by atoms with Gasteiger partial charge in [0, 0.05) is 56.0 Å². The summed E-state index contributed by atoms with van der Waals surface area (Å²) < 4.78 is 0. The zero-order chi connectivity index (χ0) is 17.2. The summed E-state index contributed by atoms with van der Waals surface area (Å²) in [5.41, 5.74) is 1.40. The van der Waals surface area contributed by atoms with Crippen LogP contribution in [0.3, 0.4) is 0 Å². The maximum Gasteiger partial charge on any atom is 0.236 e. The van der Waals surface area contributed by atoms with Crippen LogP contribution in [0, 0.1) is 0 Å². The molecule has 2 aliphatic heterocycles. The first kappa shape index (κ1) is 16.5. The van der Waals surface area contributed by atoms with Crippen LogP contribution in [0.15, 0.2) is 29.9 Å². The van der Waals surface area contributed by atoms with Crippen molar-refractivity contribution in [2.45, 2.75) is 19.4 Å². The van der Waals surface area contributed by atoms with Crippen molar-refractivity contribution >= 4 is 23.2 Å². The summed E-state index contributed by atoms with van der Waals surface area (Å²) in [5, 5.41) is 2.16. The van der Waals surface area contributed by atoms with Crippen LogP contribution in [-0.4, -0.2) is 64.9 Å². The fourth-order valence-corrected chi connectivity index (χ4v) is 4.62. The number of anilines is 1. The third-order valence-electron chi connectivity index (χ3n) is 5.21. The van der Waals surface area contributed by atoms with Gasteiger partial charge in [-0.15, -0.1) is 11.3 Å². The van der Waals surface area contributed by atoms with Crippen molar-refractivity contribution in [3.63, 3.8) is 0 Å². The lowest BCUT2D eigenvalue weighted by atomic mass is 10.0. The molecule has 25 heavy (non-hydrogen) atoms. The SMILES string of the molecule is C[C@H]1c2ccsc2CCN1CC(=O)N1CCN(c2ncccn2)CC1. The number of fused-ring (bicyclic) bond motifs is 1. The minimum absolute atomic E-state index is 0.235. The van der Waals surface area contributed by atoms with Gasteiger partial charge in [0.25, 0.3) is 0 Å². The van der Waals surface area contributed by atoms with Gasteiger partial charge in [-0.3, -0.25) is 9.69 Å². The number of hydrogen-bond acceptors (Lipinski definition) is 6. The predicted octanol–water partition coefficient (Wildman–Crippen LogP) is 1.81. The van der Waals surface area contributed by atoms with Crippen LogP contribution in [0.4, 0.5) is 5.95 Å². The molecule has 7 heteroatoms. The predicted molar refractivity (Wildman–Crippen MR) is 98.8 cm³/mol. The molecule has 1 fully saturated rings. The van der Waals surface area contributed by atoms with E-state index in [0.717, 1.165) is 45.1 Å². The molecule has 0 radical (unpaired) electrons. The van der Waals surface area contributed by atoms with Crippen LogP contribution >= 0.6 is 11.3 Å². The molecular formula is C18H23N5OS. The molecule has 132 valence electrons. The Hall–Kier alpha value is -1.99. The van der Waals surface area contributed by atoms with Crippen LogP contribution in [-0.2, 0) is 11.2 Å². The third-order valence-corrected chi connectivity index (χ3v) is 6.21. The quantitative estimate of drug-likeness (QED) is 0.839. The number of carbonyl (C=O) groups is 1. The Kier molecular flexibility index (Phi) is 4.67. The molecule has 1 saturated heterocycles. The normalized spacial score (nSPS) is 21.2. The fraction of sp³-hybridized carbons (Fsp3) is 0.500. The van der Waals surface area contributed by atoms with Gasteiger partial charge in [-0.2, -0.15) is 0 Å². The first-order chi connectivity index (χ1) is 12.2. The molecule has 2 aromatic heterocycles. The minimum Gasteiger partial charge on any atom is -0.338 e. The Morgan fingerprint density at radius 2 is 1.96 bits per heavy atom. The van der Waals surface area contributed by atoms with Crippen molar-refractivity contribution in [1.82, 2.24) is 19.8 Å². The molecule has 1 atom stereocenters. The first-order valence-corrected chi connectivity index (χ1v) is 9.70. The number of aromatic nitrogens is 2. The van der Waals surface area contributed by atoms with Gasteiger partial charge in [0.15, 0.2) is 0 Å². The van der Waals surface area contributed by atoms with Crippen molar-refractivity contribution in [3.05, 3.63) is 40.3 Å². The second-order valence-corrected chi connectivity index (χ2v) is 7.61. The first-order valence-electron chi connectivity index (χ1n) is 8.82. The van der Waals surface area contributed by atoms with E-state index in [4.69, 9.17) is 0 Å². The molecule has 0 aromatic carbocycles. The van der Waals surface area contributed by atoms with Gasteiger partial charge < -0.3 is 9.80 Å². The number of thiophene rings is 1. The number of amides is 1. The average molecular weight is 357 g/mol. The lowest BCUT2D eigenvalue weighted by molar-refractivity contribution is -0.133. The maximum atomic E-state index is 12.7. The molecule has 1 amide bonds. The van der Waals surface area contributed by atoms with Gasteiger partial charge in [0.05, 0.1) is 6.54 Å². The summed E-state index contributed by atoms with van der Waals surface area (Å²) in [5.74, 6) is 0.989. The van der Waals surface area contributed by atoms with E-state index in [1.54, 1.807) is 12.4 Å². The summed E-state index contributed by atoms with van der Waals surface area (Å²) in [6, 6.07) is 4.36. The summed E-state index contributed by atoms with van der Waals surface area (Å²) >= 11 is 1.84. The molecule has 2 aliphatic rings. The number of hydrogen-bond donors (Lipinski definition) is 0. The van der Waals surface area contributed by atoms with E-state index in [1.165, 1.54) is 10.4 Å². The largest absolute Gasteiger partial charge is 0.338 e. The second kappa shape index (κ2) is 7.09. The minimum atomic E-state index is 0.235.